The molecule has 0 spiro atoms. The molecular weight excluding hydrogens is 289 g/mol. The molecule has 0 radical (unpaired) electrons. The fourth-order valence-corrected chi connectivity index (χ4v) is 6.37. The minimum Gasteiger partial charge on any atom is -0.314 e. The highest BCUT2D eigenvalue weighted by Crippen LogP contribution is 2.44. The summed E-state index contributed by atoms with van der Waals surface area (Å²) >= 11 is 0. The molecule has 0 unspecified atom stereocenters. The molecular formula is C19H24NOP. The lowest BCUT2D eigenvalue weighted by molar-refractivity contribution is 0.278. The number of likely N-dealkylation sites (tertiary alicyclic amines) is 1. The normalized spacial score (nSPS) is 17.5. The van der Waals surface area contributed by atoms with Gasteiger partial charge in [0, 0.05) is 22.8 Å². The average molecular weight is 313 g/mol. The van der Waals surface area contributed by atoms with Crippen molar-refractivity contribution in [3.8, 4) is 0 Å². The molecule has 116 valence electrons. The highest BCUT2D eigenvalue weighted by molar-refractivity contribution is 7.78. The number of hydrogen-bond donors (Lipinski definition) is 0. The van der Waals surface area contributed by atoms with Crippen molar-refractivity contribution in [1.82, 2.24) is 4.90 Å². The zero-order chi connectivity index (χ0) is 15.4. The van der Waals surface area contributed by atoms with E-state index in [1.54, 1.807) is 0 Å². The smallest absolute Gasteiger partial charge is 0.144 e. The molecule has 1 heterocycles. The van der Waals surface area contributed by atoms with Crippen molar-refractivity contribution in [3.63, 3.8) is 0 Å². The van der Waals surface area contributed by atoms with Gasteiger partial charge < -0.3 is 9.46 Å². The summed E-state index contributed by atoms with van der Waals surface area (Å²) in [5.41, 5.74) is 0. The molecule has 0 N–H and O–H groups in total. The predicted molar refractivity (Wildman–Crippen MR) is 94.9 cm³/mol. The van der Waals surface area contributed by atoms with Crippen LogP contribution in [0, 0.1) is 0 Å². The molecule has 1 saturated heterocycles. The molecule has 3 heteroatoms. The number of hydrogen-bond acceptors (Lipinski definition) is 2. The van der Waals surface area contributed by atoms with Gasteiger partial charge in [0.15, 0.2) is 0 Å². The van der Waals surface area contributed by atoms with E-state index < -0.39 is 7.14 Å². The summed E-state index contributed by atoms with van der Waals surface area (Å²) in [6, 6.07) is 20.4. The lowest BCUT2D eigenvalue weighted by Crippen LogP contribution is -2.35. The minimum atomic E-state index is -2.57. The Labute approximate surface area is 133 Å². The van der Waals surface area contributed by atoms with Gasteiger partial charge in [0.05, 0.1) is 0 Å². The maximum Gasteiger partial charge on any atom is 0.144 e. The van der Waals surface area contributed by atoms with E-state index in [-0.39, 0.29) is 0 Å². The molecule has 0 aliphatic carbocycles. The van der Waals surface area contributed by atoms with Gasteiger partial charge >= 0.3 is 0 Å². The third-order valence-corrected chi connectivity index (χ3v) is 7.94. The third-order valence-electron chi connectivity index (χ3n) is 4.63. The van der Waals surface area contributed by atoms with Crippen LogP contribution in [0.25, 0.3) is 0 Å². The van der Waals surface area contributed by atoms with E-state index in [1.807, 2.05) is 60.7 Å². The molecule has 2 aromatic carbocycles. The van der Waals surface area contributed by atoms with E-state index in [0.717, 1.165) is 29.9 Å². The Balaban J connectivity index is 1.95. The molecule has 2 nitrogen and oxygen atoms in total. The molecule has 0 amide bonds. The molecule has 1 aliphatic heterocycles. The quantitative estimate of drug-likeness (QED) is 0.788. The fraction of sp³-hybridized carbons (Fsp3) is 0.368. The Morgan fingerprint density at radius 1 is 0.909 bits per heavy atom. The van der Waals surface area contributed by atoms with Crippen molar-refractivity contribution in [3.05, 3.63) is 60.7 Å². The van der Waals surface area contributed by atoms with Crippen LogP contribution in [0.4, 0.5) is 0 Å². The highest BCUT2D eigenvalue weighted by Gasteiger charge is 2.31. The second-order valence-electron chi connectivity index (χ2n) is 6.19. The van der Waals surface area contributed by atoms with Crippen molar-refractivity contribution in [2.45, 2.75) is 25.8 Å². The van der Waals surface area contributed by atoms with Gasteiger partial charge in [-0.3, -0.25) is 0 Å². The second kappa shape index (κ2) is 6.81. The number of benzene rings is 2. The predicted octanol–water partition coefficient (Wildman–Crippen LogP) is 3.48. The zero-order valence-corrected chi connectivity index (χ0v) is 14.1. The summed E-state index contributed by atoms with van der Waals surface area (Å²) in [6.45, 7) is 4.51. The molecule has 2 aromatic rings. The van der Waals surface area contributed by atoms with Gasteiger partial charge in [-0.15, -0.1) is 0 Å². The van der Waals surface area contributed by atoms with E-state index >= 15 is 0 Å². The first kappa shape index (κ1) is 15.5. The average Bonchev–Trinajstić information content (AvgIpc) is 3.11. The number of rotatable bonds is 5. The van der Waals surface area contributed by atoms with Gasteiger partial charge in [0.2, 0.25) is 0 Å². The first-order valence-electron chi connectivity index (χ1n) is 8.14. The third kappa shape index (κ3) is 3.19. The van der Waals surface area contributed by atoms with Crippen LogP contribution in [0.2, 0.25) is 0 Å². The van der Waals surface area contributed by atoms with Crippen LogP contribution in [0.5, 0.6) is 0 Å². The lowest BCUT2D eigenvalue weighted by Gasteiger charge is -2.29. The van der Waals surface area contributed by atoms with E-state index in [2.05, 4.69) is 11.8 Å². The van der Waals surface area contributed by atoms with Gasteiger partial charge in [0.25, 0.3) is 0 Å². The van der Waals surface area contributed by atoms with Crippen LogP contribution < -0.4 is 10.6 Å². The molecule has 0 bridgehead atoms. The Morgan fingerprint density at radius 3 is 1.82 bits per heavy atom. The summed E-state index contributed by atoms with van der Waals surface area (Å²) in [4.78, 5) is 2.48. The lowest BCUT2D eigenvalue weighted by atomic mass is 10.3. The van der Waals surface area contributed by atoms with Crippen LogP contribution in [-0.4, -0.2) is 30.2 Å². The van der Waals surface area contributed by atoms with Crippen molar-refractivity contribution in [1.29, 1.82) is 0 Å². The van der Waals surface area contributed by atoms with Gasteiger partial charge in [-0.05, 0) is 32.9 Å². The SMILES string of the molecule is C[C@@H](CP(=O)(c1ccccc1)c1ccccc1)N1CCCC1. The van der Waals surface area contributed by atoms with Gasteiger partial charge in [-0.25, -0.2) is 0 Å². The molecule has 3 rings (SSSR count). The van der Waals surface area contributed by atoms with Crippen molar-refractivity contribution < 1.29 is 4.57 Å². The molecule has 1 atom stereocenters. The topological polar surface area (TPSA) is 20.3 Å². The Kier molecular flexibility index (Phi) is 4.81. The Morgan fingerprint density at radius 2 is 1.36 bits per heavy atom. The maximum atomic E-state index is 14.0. The molecule has 0 saturated carbocycles. The van der Waals surface area contributed by atoms with Crippen LogP contribution in [0.3, 0.4) is 0 Å². The zero-order valence-electron chi connectivity index (χ0n) is 13.2. The summed E-state index contributed by atoms with van der Waals surface area (Å²) in [7, 11) is -2.57. The van der Waals surface area contributed by atoms with Crippen molar-refractivity contribution in [2.24, 2.45) is 0 Å². The van der Waals surface area contributed by atoms with Crippen LogP contribution in [-0.2, 0) is 4.57 Å². The standard InChI is InChI=1S/C19H24NOP/c1-17(20-14-8-9-15-20)16-22(21,18-10-4-2-5-11-18)19-12-6-3-7-13-19/h2-7,10-13,17H,8-9,14-16H2,1H3/t17-/m0/s1. The van der Waals surface area contributed by atoms with E-state index in [9.17, 15) is 4.57 Å². The summed E-state index contributed by atoms with van der Waals surface area (Å²) in [5.74, 6) is 0. The summed E-state index contributed by atoms with van der Waals surface area (Å²) < 4.78 is 14.0. The van der Waals surface area contributed by atoms with E-state index in [0.29, 0.717) is 6.04 Å². The Hall–Kier alpha value is -1.37. The minimum absolute atomic E-state index is 0.355. The second-order valence-corrected chi connectivity index (χ2v) is 9.06. The van der Waals surface area contributed by atoms with Crippen molar-refractivity contribution in [2.75, 3.05) is 19.3 Å². The van der Waals surface area contributed by atoms with Gasteiger partial charge in [-0.2, -0.15) is 0 Å². The number of nitrogens with zero attached hydrogens (tertiary/aromatic N) is 1. The van der Waals surface area contributed by atoms with E-state index in [4.69, 9.17) is 0 Å². The summed E-state index contributed by atoms with van der Waals surface area (Å²) in [6.07, 6.45) is 3.26. The summed E-state index contributed by atoms with van der Waals surface area (Å²) in [5, 5.41) is 1.96. The first-order chi connectivity index (χ1) is 10.7. The maximum absolute atomic E-state index is 14.0. The molecule has 1 fully saturated rings. The largest absolute Gasteiger partial charge is 0.314 e. The van der Waals surface area contributed by atoms with Crippen LogP contribution in [0.15, 0.2) is 60.7 Å². The Bertz CT molecular complexity index is 591. The highest BCUT2D eigenvalue weighted by atomic mass is 31.2. The monoisotopic (exact) mass is 313 g/mol. The van der Waals surface area contributed by atoms with Crippen molar-refractivity contribution >= 4 is 17.8 Å². The van der Waals surface area contributed by atoms with Gasteiger partial charge in [0.1, 0.15) is 7.14 Å². The molecule has 0 aromatic heterocycles. The fourth-order valence-electron chi connectivity index (χ4n) is 3.37. The molecule has 22 heavy (non-hydrogen) atoms. The first-order valence-corrected chi connectivity index (χ1v) is 10.0. The van der Waals surface area contributed by atoms with Crippen LogP contribution in [0.1, 0.15) is 19.8 Å². The van der Waals surface area contributed by atoms with E-state index in [1.165, 1.54) is 12.8 Å². The van der Waals surface area contributed by atoms with Gasteiger partial charge in [-0.1, -0.05) is 60.7 Å². The molecule has 1 aliphatic rings. The van der Waals surface area contributed by atoms with Crippen LogP contribution >= 0.6 is 7.14 Å².